The van der Waals surface area contributed by atoms with Gasteiger partial charge in [0.25, 0.3) is 11.6 Å². The predicted molar refractivity (Wildman–Crippen MR) is 218 cm³/mol. The molecule has 15 rings (SSSR count). The van der Waals surface area contributed by atoms with Crippen molar-refractivity contribution < 1.29 is 9.13 Å². The lowest BCUT2D eigenvalue weighted by Gasteiger charge is -2.45. The molecule has 254 valence electrons. The van der Waals surface area contributed by atoms with Crippen molar-refractivity contribution in [3.05, 3.63) is 174 Å². The van der Waals surface area contributed by atoms with Crippen molar-refractivity contribution in [2.75, 3.05) is 4.90 Å². The Morgan fingerprint density at radius 2 is 1.13 bits per heavy atom. The van der Waals surface area contributed by atoms with Crippen LogP contribution in [0.5, 0.6) is 0 Å². The van der Waals surface area contributed by atoms with Gasteiger partial charge in [-0.1, -0.05) is 98.8 Å². The second-order valence-corrected chi connectivity index (χ2v) is 16.6. The van der Waals surface area contributed by atoms with E-state index in [0.717, 1.165) is 0 Å². The van der Waals surface area contributed by atoms with Crippen LogP contribution in [0.2, 0.25) is 0 Å². The van der Waals surface area contributed by atoms with Crippen LogP contribution in [0.25, 0.3) is 77.6 Å². The quantitative estimate of drug-likeness (QED) is 0.156. The summed E-state index contributed by atoms with van der Waals surface area (Å²) in [6.07, 6.45) is 0. The van der Waals surface area contributed by atoms with Crippen molar-refractivity contribution in [3.8, 4) is 34.0 Å². The van der Waals surface area contributed by atoms with Gasteiger partial charge in [0.1, 0.15) is 28.0 Å². The van der Waals surface area contributed by atoms with Gasteiger partial charge >= 0.3 is 5.66 Å². The maximum Gasteiger partial charge on any atom is 0.319 e. The molecule has 10 aromatic rings. The largest absolute Gasteiger partial charge is 0.319 e. The highest BCUT2D eigenvalue weighted by Gasteiger charge is 2.70. The second-order valence-electron chi connectivity index (χ2n) is 16.6. The lowest BCUT2D eigenvalue weighted by Crippen LogP contribution is -2.76. The fourth-order valence-corrected chi connectivity index (χ4v) is 11.9. The van der Waals surface area contributed by atoms with E-state index >= 15 is 0 Å². The molecule has 9 heterocycles. The highest BCUT2D eigenvalue weighted by Crippen LogP contribution is 2.62. The zero-order chi connectivity index (χ0) is 35.7. The van der Waals surface area contributed by atoms with E-state index in [-0.39, 0.29) is 5.41 Å². The first-order valence-corrected chi connectivity index (χ1v) is 19.4. The Labute approximate surface area is 315 Å². The van der Waals surface area contributed by atoms with Crippen molar-refractivity contribution in [1.82, 2.24) is 9.13 Å². The summed E-state index contributed by atoms with van der Waals surface area (Å²) in [6.45, 7) is 4.83. The van der Waals surface area contributed by atoms with Gasteiger partial charge in [0.15, 0.2) is 16.9 Å². The monoisotopic (exact) mass is 701 g/mol. The van der Waals surface area contributed by atoms with E-state index in [4.69, 9.17) is 0 Å². The molecule has 5 aliphatic heterocycles. The molecule has 5 aliphatic rings. The smallest absolute Gasteiger partial charge is 0.308 e. The van der Waals surface area contributed by atoms with Crippen LogP contribution in [0.4, 0.5) is 17.2 Å². The van der Waals surface area contributed by atoms with Gasteiger partial charge in [0, 0.05) is 38.6 Å². The third kappa shape index (κ3) is 2.67. The molecule has 0 aliphatic carbocycles. The van der Waals surface area contributed by atoms with Gasteiger partial charge < -0.3 is 4.57 Å². The van der Waals surface area contributed by atoms with E-state index in [2.05, 4.69) is 189 Å². The number of anilines is 3. The van der Waals surface area contributed by atoms with Crippen LogP contribution in [0.15, 0.2) is 152 Å². The summed E-state index contributed by atoms with van der Waals surface area (Å²) in [5.74, 6) is 2.46. The van der Waals surface area contributed by atoms with E-state index in [1.54, 1.807) is 0 Å². The van der Waals surface area contributed by atoms with E-state index in [0.29, 0.717) is 0 Å². The number of hydrogen-bond donors (Lipinski definition) is 0. The molecule has 1 spiro atoms. The summed E-state index contributed by atoms with van der Waals surface area (Å²) in [4.78, 5) is 2.60. The number of rotatable bonds is 1. The van der Waals surface area contributed by atoms with Gasteiger partial charge in [-0.15, -0.1) is 0 Å². The molecule has 0 N–H and O–H groups in total. The Balaban J connectivity index is 1.29. The van der Waals surface area contributed by atoms with Crippen LogP contribution in [0.3, 0.4) is 0 Å². The van der Waals surface area contributed by atoms with Gasteiger partial charge in [-0.05, 0) is 71.8 Å². The maximum absolute atomic E-state index is 2.77. The minimum Gasteiger partial charge on any atom is -0.308 e. The Morgan fingerprint density at radius 3 is 1.95 bits per heavy atom. The first kappa shape index (κ1) is 27.6. The summed E-state index contributed by atoms with van der Waals surface area (Å²) >= 11 is 0. The molecule has 5 heteroatoms. The molecular weight excluding hydrogens is 671 g/mol. The SMILES string of the molecule is CC1(C)c2ccccc2N2c3cccc4c3C35c6c7c(cc8c9ccccc9n(c68)-c6cc(-c8ccccc8)cc([n+]63)-c3ccc1c2[n+]35)c1ccccc1n7-4. The van der Waals surface area contributed by atoms with Crippen LogP contribution < -0.4 is 14.0 Å². The van der Waals surface area contributed by atoms with Gasteiger partial charge in [-0.3, -0.25) is 0 Å². The molecule has 1 atom stereocenters. The third-order valence-corrected chi connectivity index (χ3v) is 13.9. The normalized spacial score (nSPS) is 17.8. The number of hydrogen-bond acceptors (Lipinski definition) is 1. The van der Waals surface area contributed by atoms with Gasteiger partial charge in [0.2, 0.25) is 0 Å². The first-order valence-electron chi connectivity index (χ1n) is 19.4. The topological polar surface area (TPSA) is 20.9 Å². The molecule has 6 aromatic carbocycles. The minimum absolute atomic E-state index is 0.220. The van der Waals surface area contributed by atoms with Crippen LogP contribution in [-0.4, -0.2) is 9.13 Å². The molecule has 0 saturated carbocycles. The fraction of sp³-hybridized carbons (Fsp3) is 0.0800. The number of aromatic nitrogens is 4. The van der Waals surface area contributed by atoms with E-state index in [9.17, 15) is 0 Å². The van der Waals surface area contributed by atoms with E-state index < -0.39 is 5.66 Å². The molecule has 0 bridgehead atoms. The number of pyridine rings is 2. The third-order valence-electron chi connectivity index (χ3n) is 13.9. The molecule has 1 unspecified atom stereocenters. The average Bonchev–Trinajstić information content (AvgIpc) is 3.85. The van der Waals surface area contributed by atoms with Gasteiger partial charge in [-0.25, -0.2) is 0 Å². The Bertz CT molecular complexity index is 3530. The highest BCUT2D eigenvalue weighted by molar-refractivity contribution is 6.22. The van der Waals surface area contributed by atoms with E-state index in [1.165, 1.54) is 117 Å². The summed E-state index contributed by atoms with van der Waals surface area (Å²) in [5.41, 5.74) is 18.2. The second kappa shape index (κ2) is 8.53. The van der Waals surface area contributed by atoms with Crippen molar-refractivity contribution in [1.29, 1.82) is 0 Å². The summed E-state index contributed by atoms with van der Waals surface area (Å²) in [6, 6.07) is 57.5. The van der Waals surface area contributed by atoms with Crippen LogP contribution in [0.1, 0.15) is 36.1 Å². The van der Waals surface area contributed by atoms with Gasteiger partial charge in [-0.2, -0.15) is 18.6 Å². The maximum atomic E-state index is 2.77. The number of nitrogens with zero attached hydrogens (tertiary/aromatic N) is 5. The Hall–Kier alpha value is -6.98. The molecule has 4 aromatic heterocycles. The number of fused-ring (bicyclic) bond motifs is 12. The number of para-hydroxylation sites is 3. The summed E-state index contributed by atoms with van der Waals surface area (Å²) < 4.78 is 10.7. The van der Waals surface area contributed by atoms with Crippen LogP contribution >= 0.6 is 0 Å². The van der Waals surface area contributed by atoms with Crippen molar-refractivity contribution in [2.24, 2.45) is 0 Å². The zero-order valence-corrected chi connectivity index (χ0v) is 30.2. The van der Waals surface area contributed by atoms with Crippen LogP contribution in [-0.2, 0) is 11.1 Å². The van der Waals surface area contributed by atoms with E-state index in [1.807, 2.05) is 0 Å². The average molecular weight is 702 g/mol. The lowest BCUT2D eigenvalue weighted by molar-refractivity contribution is -0.931. The molecule has 0 radical (unpaired) electrons. The predicted octanol–water partition coefficient (Wildman–Crippen LogP) is 10.5. The Morgan fingerprint density at radius 1 is 0.455 bits per heavy atom. The van der Waals surface area contributed by atoms with Crippen LogP contribution in [0, 0.1) is 0 Å². The zero-order valence-electron chi connectivity index (χ0n) is 30.2. The molecule has 0 fully saturated rings. The van der Waals surface area contributed by atoms with Crippen molar-refractivity contribution in [3.63, 3.8) is 0 Å². The molecular formula is C50H31N5+2. The van der Waals surface area contributed by atoms with Gasteiger partial charge in [0.05, 0.1) is 22.3 Å². The fourth-order valence-electron chi connectivity index (χ4n) is 11.9. The van der Waals surface area contributed by atoms with Crippen molar-refractivity contribution in [2.45, 2.75) is 24.9 Å². The highest BCUT2D eigenvalue weighted by atomic mass is 15.5. The molecule has 0 saturated heterocycles. The first-order chi connectivity index (χ1) is 27.1. The minimum atomic E-state index is -0.683. The molecule has 0 amide bonds. The molecule has 5 nitrogen and oxygen atoms in total. The lowest BCUT2D eigenvalue weighted by atomic mass is 9.72. The van der Waals surface area contributed by atoms with Crippen molar-refractivity contribution >= 4 is 60.8 Å². The number of benzene rings is 6. The summed E-state index contributed by atoms with van der Waals surface area (Å²) in [7, 11) is 0. The molecule has 55 heavy (non-hydrogen) atoms. The Kier molecular flexibility index (Phi) is 4.28. The standard InChI is InChI=1S/C50H31N5/c1-49(2)34-17-8-11-20-38(34)52-41-22-12-21-40-44(41)50-45-46-32(30-15-6-9-18-36(30)51(40)46)27-33-31-16-7-10-19-37(31)53(47(33)45)43-26-29(28-13-4-3-5-14-28)25-42(54(43)50)39-24-23-35(49)48(52)55(39)50/h3-27H,1-2H3/q+2. The summed E-state index contributed by atoms with van der Waals surface area (Å²) in [5, 5.41) is 5.20.